The van der Waals surface area contributed by atoms with Gasteiger partial charge in [-0.2, -0.15) is 0 Å². The van der Waals surface area contributed by atoms with Gasteiger partial charge < -0.3 is 10.4 Å². The molecule has 2 N–H and O–H groups in total. The summed E-state index contributed by atoms with van der Waals surface area (Å²) < 4.78 is 0.941. The average molecular weight is 334 g/mol. The molecule has 0 fully saturated rings. The second-order valence-corrected chi connectivity index (χ2v) is 5.51. The van der Waals surface area contributed by atoms with E-state index in [9.17, 15) is 9.90 Å². The molecular weight excluding hydrogens is 318 g/mol. The zero-order chi connectivity index (χ0) is 14.5. The Kier molecular flexibility index (Phi) is 4.93. The number of nitrogens with one attached hydrogen (secondary N) is 1. The van der Waals surface area contributed by atoms with Gasteiger partial charge in [-0.05, 0) is 36.2 Å². The van der Waals surface area contributed by atoms with Gasteiger partial charge in [0, 0.05) is 16.6 Å². The van der Waals surface area contributed by atoms with Gasteiger partial charge in [0.25, 0.3) is 5.91 Å². The molecule has 0 heterocycles. The van der Waals surface area contributed by atoms with Crippen LogP contribution in [0.2, 0.25) is 0 Å². The summed E-state index contributed by atoms with van der Waals surface area (Å²) in [7, 11) is 0. The molecule has 0 bridgehead atoms. The Morgan fingerprint density at radius 1 is 1.25 bits per heavy atom. The Bertz CT molecular complexity index is 599. The molecule has 0 aliphatic rings. The third-order valence-corrected chi connectivity index (χ3v) is 3.57. The zero-order valence-corrected chi connectivity index (χ0v) is 12.7. The molecule has 2 aromatic carbocycles. The van der Waals surface area contributed by atoms with E-state index in [0.29, 0.717) is 5.56 Å². The van der Waals surface area contributed by atoms with E-state index in [1.165, 1.54) is 0 Å². The van der Waals surface area contributed by atoms with Gasteiger partial charge in [0.1, 0.15) is 0 Å². The topological polar surface area (TPSA) is 49.3 Å². The van der Waals surface area contributed by atoms with Crippen molar-refractivity contribution in [2.75, 3.05) is 6.54 Å². The van der Waals surface area contributed by atoms with Crippen molar-refractivity contribution in [2.45, 2.75) is 13.0 Å². The first-order chi connectivity index (χ1) is 9.58. The number of hydrogen-bond acceptors (Lipinski definition) is 2. The van der Waals surface area contributed by atoms with Crippen molar-refractivity contribution >= 4 is 21.8 Å². The molecule has 0 aliphatic carbocycles. The smallest absolute Gasteiger partial charge is 0.251 e. The fourth-order valence-corrected chi connectivity index (χ4v) is 2.44. The molecule has 20 heavy (non-hydrogen) atoms. The second-order valence-electron chi connectivity index (χ2n) is 4.60. The molecule has 2 aromatic rings. The van der Waals surface area contributed by atoms with Crippen LogP contribution < -0.4 is 5.32 Å². The fraction of sp³-hybridized carbons (Fsp3) is 0.188. The Balaban J connectivity index is 1.99. The van der Waals surface area contributed by atoms with Gasteiger partial charge in [-0.3, -0.25) is 4.79 Å². The number of carbonyl (C=O) groups excluding carboxylic acids is 1. The minimum atomic E-state index is -0.698. The summed E-state index contributed by atoms with van der Waals surface area (Å²) in [6, 6.07) is 14.8. The quantitative estimate of drug-likeness (QED) is 0.902. The molecule has 0 spiro atoms. The molecule has 1 atom stereocenters. The molecule has 3 nitrogen and oxygen atoms in total. The van der Waals surface area contributed by atoms with Crippen molar-refractivity contribution in [3.8, 4) is 0 Å². The molecule has 2 rings (SSSR count). The lowest BCUT2D eigenvalue weighted by molar-refractivity contribution is 0.0915. The highest BCUT2D eigenvalue weighted by molar-refractivity contribution is 9.10. The van der Waals surface area contributed by atoms with Crippen molar-refractivity contribution in [3.63, 3.8) is 0 Å². The van der Waals surface area contributed by atoms with Crippen molar-refractivity contribution < 1.29 is 9.90 Å². The summed E-state index contributed by atoms with van der Waals surface area (Å²) in [5.41, 5.74) is 2.31. The Morgan fingerprint density at radius 3 is 2.60 bits per heavy atom. The number of rotatable bonds is 4. The number of aryl methyl sites for hydroxylation is 1. The molecule has 1 amide bonds. The van der Waals surface area contributed by atoms with Gasteiger partial charge in [0.05, 0.1) is 6.10 Å². The third kappa shape index (κ3) is 3.68. The van der Waals surface area contributed by atoms with Crippen molar-refractivity contribution in [2.24, 2.45) is 0 Å². The van der Waals surface area contributed by atoms with E-state index >= 15 is 0 Å². The van der Waals surface area contributed by atoms with Crippen molar-refractivity contribution in [1.29, 1.82) is 0 Å². The second kappa shape index (κ2) is 6.68. The molecule has 104 valence electrons. The molecule has 0 radical (unpaired) electrons. The van der Waals surface area contributed by atoms with Crippen LogP contribution in [0.3, 0.4) is 0 Å². The lowest BCUT2D eigenvalue weighted by Crippen LogP contribution is -2.28. The van der Waals surface area contributed by atoms with Gasteiger partial charge in [-0.25, -0.2) is 0 Å². The predicted octanol–water partition coefficient (Wildman–Crippen LogP) is 3.22. The monoisotopic (exact) mass is 333 g/mol. The SMILES string of the molecule is Cc1cc(Br)ccc1C(=O)NCC(O)c1ccccc1. The average Bonchev–Trinajstić information content (AvgIpc) is 2.45. The molecule has 4 heteroatoms. The van der Waals surface area contributed by atoms with E-state index in [1.54, 1.807) is 6.07 Å². The van der Waals surface area contributed by atoms with Crippen LogP contribution in [0.5, 0.6) is 0 Å². The number of amides is 1. The first-order valence-electron chi connectivity index (χ1n) is 6.35. The van der Waals surface area contributed by atoms with E-state index in [0.717, 1.165) is 15.6 Å². The van der Waals surface area contributed by atoms with Crippen LogP contribution in [0.25, 0.3) is 0 Å². The lowest BCUT2D eigenvalue weighted by Gasteiger charge is -2.13. The van der Waals surface area contributed by atoms with Crippen molar-refractivity contribution in [1.82, 2.24) is 5.32 Å². The molecule has 0 aliphatic heterocycles. The lowest BCUT2D eigenvalue weighted by atomic mass is 10.1. The van der Waals surface area contributed by atoms with Gasteiger partial charge in [-0.1, -0.05) is 46.3 Å². The number of aliphatic hydroxyl groups is 1. The Morgan fingerprint density at radius 2 is 1.95 bits per heavy atom. The van der Waals surface area contributed by atoms with Gasteiger partial charge in [0.15, 0.2) is 0 Å². The van der Waals surface area contributed by atoms with E-state index in [2.05, 4.69) is 21.2 Å². The molecule has 0 aromatic heterocycles. The zero-order valence-electron chi connectivity index (χ0n) is 11.1. The van der Waals surface area contributed by atoms with Crippen molar-refractivity contribution in [3.05, 3.63) is 69.7 Å². The number of halogens is 1. The third-order valence-electron chi connectivity index (χ3n) is 3.07. The minimum Gasteiger partial charge on any atom is -0.387 e. The number of aliphatic hydroxyl groups excluding tert-OH is 1. The normalized spacial score (nSPS) is 11.9. The summed E-state index contributed by atoms with van der Waals surface area (Å²) in [5.74, 6) is -0.176. The summed E-state index contributed by atoms with van der Waals surface area (Å²) in [4.78, 5) is 12.1. The maximum absolute atomic E-state index is 12.1. The number of hydrogen-bond donors (Lipinski definition) is 2. The van der Waals surface area contributed by atoms with Gasteiger partial charge >= 0.3 is 0 Å². The first-order valence-corrected chi connectivity index (χ1v) is 7.14. The molecule has 0 saturated heterocycles. The summed E-state index contributed by atoms with van der Waals surface area (Å²) >= 11 is 3.37. The summed E-state index contributed by atoms with van der Waals surface area (Å²) in [6.07, 6.45) is -0.698. The van der Waals surface area contributed by atoms with Crippen LogP contribution in [0, 0.1) is 6.92 Å². The molecule has 1 unspecified atom stereocenters. The predicted molar refractivity (Wildman–Crippen MR) is 82.6 cm³/mol. The molecule has 0 saturated carbocycles. The van der Waals surface area contributed by atoms with E-state index in [4.69, 9.17) is 0 Å². The van der Waals surface area contributed by atoms with E-state index < -0.39 is 6.10 Å². The Hall–Kier alpha value is -1.65. The number of benzene rings is 2. The standard InChI is InChI=1S/C16H16BrNO2/c1-11-9-13(17)7-8-14(11)16(20)18-10-15(19)12-5-3-2-4-6-12/h2-9,15,19H,10H2,1H3,(H,18,20). The van der Waals surface area contributed by atoms with Crippen LogP contribution in [-0.2, 0) is 0 Å². The highest BCUT2D eigenvalue weighted by Gasteiger charge is 2.12. The number of carbonyl (C=O) groups is 1. The molecular formula is C16H16BrNO2. The highest BCUT2D eigenvalue weighted by atomic mass is 79.9. The summed E-state index contributed by atoms with van der Waals surface area (Å²) in [5, 5.41) is 12.8. The maximum atomic E-state index is 12.1. The van der Waals surface area contributed by atoms with Crippen LogP contribution in [0.1, 0.15) is 27.6 Å². The van der Waals surface area contributed by atoms with Gasteiger partial charge in [0.2, 0.25) is 0 Å². The van der Waals surface area contributed by atoms with Gasteiger partial charge in [-0.15, -0.1) is 0 Å². The minimum absolute atomic E-state index is 0.176. The Labute approximate surface area is 126 Å². The van der Waals surface area contributed by atoms with Crippen LogP contribution in [0.15, 0.2) is 53.0 Å². The first kappa shape index (κ1) is 14.8. The van der Waals surface area contributed by atoms with Crippen LogP contribution in [-0.4, -0.2) is 17.6 Å². The van der Waals surface area contributed by atoms with Crippen LogP contribution in [0.4, 0.5) is 0 Å². The van der Waals surface area contributed by atoms with E-state index in [1.807, 2.05) is 49.4 Å². The van der Waals surface area contributed by atoms with E-state index in [-0.39, 0.29) is 12.5 Å². The highest BCUT2D eigenvalue weighted by Crippen LogP contribution is 2.16. The fourth-order valence-electron chi connectivity index (χ4n) is 1.96. The van der Waals surface area contributed by atoms with Crippen LogP contribution >= 0.6 is 15.9 Å². The maximum Gasteiger partial charge on any atom is 0.251 e. The summed E-state index contributed by atoms with van der Waals surface area (Å²) in [6.45, 7) is 2.08. The largest absolute Gasteiger partial charge is 0.387 e.